The summed E-state index contributed by atoms with van der Waals surface area (Å²) in [5, 5.41) is 15.7. The summed E-state index contributed by atoms with van der Waals surface area (Å²) >= 11 is 5.87. The molecule has 0 aliphatic rings. The minimum Gasteiger partial charge on any atom is -0.484 e. The van der Waals surface area contributed by atoms with Crippen LogP contribution < -0.4 is 14.8 Å². The number of amides is 1. The second kappa shape index (κ2) is 9.40. The molecule has 0 radical (unpaired) electrons. The SMILES string of the molecule is O=C(COc1cccc(Cl)c1)NCCOc1ccc2nnc(-c3ccc(F)cc3)n2n1. The third-order valence-electron chi connectivity index (χ3n) is 4.18. The van der Waals surface area contributed by atoms with Gasteiger partial charge in [0.2, 0.25) is 5.88 Å². The highest BCUT2D eigenvalue weighted by Crippen LogP contribution is 2.19. The van der Waals surface area contributed by atoms with E-state index in [4.69, 9.17) is 21.1 Å². The smallest absolute Gasteiger partial charge is 0.258 e. The minimum absolute atomic E-state index is 0.133. The van der Waals surface area contributed by atoms with Crippen molar-refractivity contribution in [3.8, 4) is 23.0 Å². The lowest BCUT2D eigenvalue weighted by Crippen LogP contribution is -2.32. The Hall–Kier alpha value is -3.72. The van der Waals surface area contributed by atoms with Crippen LogP contribution in [-0.2, 0) is 4.79 Å². The van der Waals surface area contributed by atoms with E-state index in [2.05, 4.69) is 20.6 Å². The number of rotatable bonds is 8. The van der Waals surface area contributed by atoms with E-state index in [-0.39, 0.29) is 31.5 Å². The van der Waals surface area contributed by atoms with Crippen molar-refractivity contribution in [3.63, 3.8) is 0 Å². The number of halogens is 2. The molecule has 2 aromatic heterocycles. The van der Waals surface area contributed by atoms with Gasteiger partial charge in [0.25, 0.3) is 5.91 Å². The van der Waals surface area contributed by atoms with Gasteiger partial charge in [-0.15, -0.1) is 15.3 Å². The summed E-state index contributed by atoms with van der Waals surface area (Å²) in [7, 11) is 0. The largest absolute Gasteiger partial charge is 0.484 e. The number of benzene rings is 2. The van der Waals surface area contributed by atoms with Crippen molar-refractivity contribution in [1.82, 2.24) is 25.1 Å². The van der Waals surface area contributed by atoms with Gasteiger partial charge in [0.1, 0.15) is 18.2 Å². The Morgan fingerprint density at radius 3 is 2.71 bits per heavy atom. The lowest BCUT2D eigenvalue weighted by Gasteiger charge is -2.09. The van der Waals surface area contributed by atoms with Crippen LogP contribution in [0.2, 0.25) is 5.02 Å². The quantitative estimate of drug-likeness (QED) is 0.422. The van der Waals surface area contributed by atoms with Crippen LogP contribution in [0.25, 0.3) is 17.0 Å². The topological polar surface area (TPSA) is 90.6 Å². The first-order valence-corrected chi connectivity index (χ1v) is 9.72. The highest BCUT2D eigenvalue weighted by Gasteiger charge is 2.11. The van der Waals surface area contributed by atoms with Crippen molar-refractivity contribution >= 4 is 23.2 Å². The van der Waals surface area contributed by atoms with Gasteiger partial charge in [0.05, 0.1) is 6.54 Å². The van der Waals surface area contributed by atoms with E-state index >= 15 is 0 Å². The lowest BCUT2D eigenvalue weighted by molar-refractivity contribution is -0.123. The second-order valence-electron chi connectivity index (χ2n) is 6.42. The van der Waals surface area contributed by atoms with Crippen molar-refractivity contribution in [2.45, 2.75) is 0 Å². The Morgan fingerprint density at radius 2 is 1.90 bits per heavy atom. The molecule has 4 aromatic rings. The van der Waals surface area contributed by atoms with E-state index in [0.717, 1.165) is 0 Å². The number of carbonyl (C=O) groups excluding carboxylic acids is 1. The molecule has 0 saturated carbocycles. The Balaban J connectivity index is 1.29. The van der Waals surface area contributed by atoms with Crippen molar-refractivity contribution in [1.29, 1.82) is 0 Å². The van der Waals surface area contributed by atoms with Crippen LogP contribution in [0.15, 0.2) is 60.7 Å². The molecule has 0 spiro atoms. The van der Waals surface area contributed by atoms with Gasteiger partial charge >= 0.3 is 0 Å². The van der Waals surface area contributed by atoms with Crippen LogP contribution in [0.4, 0.5) is 4.39 Å². The Morgan fingerprint density at radius 1 is 1.06 bits per heavy atom. The highest BCUT2D eigenvalue weighted by molar-refractivity contribution is 6.30. The fraction of sp³-hybridized carbons (Fsp3) is 0.143. The predicted octanol–water partition coefficient (Wildman–Crippen LogP) is 3.16. The Kier molecular flexibility index (Phi) is 6.23. The number of aromatic nitrogens is 4. The summed E-state index contributed by atoms with van der Waals surface area (Å²) < 4.78 is 25.7. The first kappa shape index (κ1) is 20.5. The molecule has 8 nitrogen and oxygen atoms in total. The third-order valence-corrected chi connectivity index (χ3v) is 4.42. The second-order valence-corrected chi connectivity index (χ2v) is 6.85. The molecule has 1 N–H and O–H groups in total. The highest BCUT2D eigenvalue weighted by atomic mass is 35.5. The van der Waals surface area contributed by atoms with Gasteiger partial charge in [-0.3, -0.25) is 4.79 Å². The molecule has 2 heterocycles. The number of carbonyl (C=O) groups is 1. The van der Waals surface area contributed by atoms with Crippen LogP contribution in [0.3, 0.4) is 0 Å². The van der Waals surface area contributed by atoms with Crippen molar-refractivity contribution in [2.24, 2.45) is 0 Å². The fourth-order valence-corrected chi connectivity index (χ4v) is 2.91. The van der Waals surface area contributed by atoms with E-state index in [1.54, 1.807) is 48.5 Å². The van der Waals surface area contributed by atoms with Crippen LogP contribution in [0.1, 0.15) is 0 Å². The van der Waals surface area contributed by atoms with Crippen LogP contribution in [-0.4, -0.2) is 45.5 Å². The molecule has 0 bridgehead atoms. The summed E-state index contributed by atoms with van der Waals surface area (Å²) in [6.45, 7) is 0.339. The molecule has 0 atom stereocenters. The Bertz CT molecular complexity index is 1200. The summed E-state index contributed by atoms with van der Waals surface area (Å²) in [5.41, 5.74) is 1.20. The van der Waals surface area contributed by atoms with Crippen LogP contribution in [0.5, 0.6) is 11.6 Å². The van der Waals surface area contributed by atoms with Gasteiger partial charge in [0.15, 0.2) is 18.1 Å². The van der Waals surface area contributed by atoms with Crippen molar-refractivity contribution in [2.75, 3.05) is 19.8 Å². The van der Waals surface area contributed by atoms with Gasteiger partial charge in [-0.05, 0) is 48.5 Å². The molecule has 0 aliphatic heterocycles. The number of nitrogens with zero attached hydrogens (tertiary/aromatic N) is 4. The van der Waals surface area contributed by atoms with E-state index in [0.29, 0.717) is 33.7 Å². The predicted molar refractivity (Wildman–Crippen MR) is 112 cm³/mol. The molecule has 1 amide bonds. The number of hydrogen-bond donors (Lipinski definition) is 1. The van der Waals surface area contributed by atoms with Gasteiger partial charge < -0.3 is 14.8 Å². The molecule has 0 unspecified atom stereocenters. The maximum absolute atomic E-state index is 13.2. The fourth-order valence-electron chi connectivity index (χ4n) is 2.73. The van der Waals surface area contributed by atoms with E-state index in [9.17, 15) is 9.18 Å². The number of ether oxygens (including phenoxy) is 2. The number of fused-ring (bicyclic) bond motifs is 1. The first-order chi connectivity index (χ1) is 15.1. The van der Waals surface area contributed by atoms with Gasteiger partial charge in [0, 0.05) is 16.7 Å². The molecule has 0 fully saturated rings. The molecule has 2 aromatic carbocycles. The zero-order chi connectivity index (χ0) is 21.6. The zero-order valence-electron chi connectivity index (χ0n) is 16.2. The standard InChI is InChI=1S/C21H17ClFN5O3/c22-15-2-1-3-17(12-15)31-13-19(29)24-10-11-30-20-9-8-18-25-26-21(28(18)27-20)14-4-6-16(23)7-5-14/h1-9,12H,10-11,13H2,(H,24,29). The monoisotopic (exact) mass is 441 g/mol. The zero-order valence-corrected chi connectivity index (χ0v) is 16.9. The van der Waals surface area contributed by atoms with E-state index < -0.39 is 0 Å². The lowest BCUT2D eigenvalue weighted by atomic mass is 10.2. The first-order valence-electron chi connectivity index (χ1n) is 9.35. The summed E-state index contributed by atoms with van der Waals surface area (Å²) in [5.74, 6) is 0.688. The molecular formula is C21H17ClFN5O3. The summed E-state index contributed by atoms with van der Waals surface area (Å²) in [4.78, 5) is 11.9. The molecule has 4 rings (SSSR count). The summed E-state index contributed by atoms with van der Waals surface area (Å²) in [6, 6.07) is 16.1. The van der Waals surface area contributed by atoms with Gasteiger partial charge in [-0.1, -0.05) is 17.7 Å². The number of hydrogen-bond acceptors (Lipinski definition) is 6. The van der Waals surface area contributed by atoms with Gasteiger partial charge in [-0.2, -0.15) is 4.52 Å². The van der Waals surface area contributed by atoms with E-state index in [1.807, 2.05) is 0 Å². The Labute approximate surface area is 181 Å². The average Bonchev–Trinajstić information content (AvgIpc) is 3.19. The molecule has 158 valence electrons. The summed E-state index contributed by atoms with van der Waals surface area (Å²) in [6.07, 6.45) is 0. The maximum atomic E-state index is 13.2. The van der Waals surface area contributed by atoms with E-state index in [1.165, 1.54) is 16.6 Å². The molecular weight excluding hydrogens is 425 g/mol. The van der Waals surface area contributed by atoms with Crippen LogP contribution >= 0.6 is 11.6 Å². The third kappa shape index (κ3) is 5.26. The van der Waals surface area contributed by atoms with Crippen molar-refractivity contribution in [3.05, 3.63) is 71.5 Å². The minimum atomic E-state index is -0.338. The van der Waals surface area contributed by atoms with Crippen molar-refractivity contribution < 1.29 is 18.7 Å². The van der Waals surface area contributed by atoms with Gasteiger partial charge in [-0.25, -0.2) is 4.39 Å². The maximum Gasteiger partial charge on any atom is 0.258 e. The normalized spacial score (nSPS) is 10.8. The molecule has 0 saturated heterocycles. The molecule has 0 aliphatic carbocycles. The molecule has 10 heteroatoms. The average molecular weight is 442 g/mol. The molecule has 31 heavy (non-hydrogen) atoms. The van der Waals surface area contributed by atoms with Crippen LogP contribution in [0, 0.1) is 5.82 Å². The number of nitrogens with one attached hydrogen (secondary N) is 1.